The van der Waals surface area contributed by atoms with Gasteiger partial charge in [-0.1, -0.05) is 5.92 Å². The van der Waals surface area contributed by atoms with Crippen molar-refractivity contribution < 1.29 is 17.1 Å². The fourth-order valence-corrected chi connectivity index (χ4v) is 0.922. The molecule has 0 amide bonds. The molecule has 0 heterocycles. The topological polar surface area (TPSA) is 0 Å². The van der Waals surface area contributed by atoms with Gasteiger partial charge in [0, 0.05) is 0 Å². The van der Waals surface area contributed by atoms with Gasteiger partial charge in [-0.25, -0.2) is 0 Å². The van der Waals surface area contributed by atoms with Crippen LogP contribution in [0.15, 0.2) is 0 Å². The molecule has 2 rings (SSSR count). The van der Waals surface area contributed by atoms with Crippen molar-refractivity contribution in [2.24, 2.45) is 0 Å². The average Bonchev–Trinajstić information content (AvgIpc) is 2.79. The van der Waals surface area contributed by atoms with Crippen LogP contribution in [0.2, 0.25) is 0 Å². The van der Waals surface area contributed by atoms with Crippen LogP contribution in [0.5, 0.6) is 0 Å². The second-order valence-electron chi connectivity index (χ2n) is 2.51. The molecule has 0 aromatic carbocycles. The van der Waals surface area contributed by atoms with Gasteiger partial charge in [0.15, 0.2) is 0 Å². The van der Waals surface area contributed by atoms with Crippen LogP contribution in [0.25, 0.3) is 0 Å². The molecule has 10 radical (unpaired) electrons. The summed E-state index contributed by atoms with van der Waals surface area (Å²) in [6.07, 6.45) is 18.0. The minimum Gasteiger partial charge on any atom is -0.106 e. The molecule has 70 valence electrons. The summed E-state index contributed by atoms with van der Waals surface area (Å²) in [6, 6.07) is 0. The molecule has 1 heteroatoms. The van der Waals surface area contributed by atoms with E-state index in [1.54, 1.807) is 0 Å². The molecule has 0 nitrogen and oxygen atoms in total. The van der Waals surface area contributed by atoms with Crippen LogP contribution in [-0.4, -0.2) is 0 Å². The Labute approximate surface area is 99.7 Å². The van der Waals surface area contributed by atoms with Crippen molar-refractivity contribution >= 4 is 0 Å². The van der Waals surface area contributed by atoms with Gasteiger partial charge in [-0.3, -0.25) is 0 Å². The maximum atomic E-state index is 2.94. The van der Waals surface area contributed by atoms with E-state index in [4.69, 9.17) is 0 Å². The molecule has 0 unspecified atom stereocenters. The summed E-state index contributed by atoms with van der Waals surface area (Å²) >= 11 is 0. The molecule has 0 bridgehead atoms. The van der Waals surface area contributed by atoms with Gasteiger partial charge in [0.25, 0.3) is 0 Å². The van der Waals surface area contributed by atoms with Crippen molar-refractivity contribution in [1.29, 1.82) is 0 Å². The first-order chi connectivity index (χ1) is 6.43. The molecule has 2 fully saturated rings. The number of hydrogen-bond acceptors (Lipinski definition) is 0. The first kappa shape index (κ1) is 14.1. The van der Waals surface area contributed by atoms with E-state index in [0.29, 0.717) is 0 Å². The van der Waals surface area contributed by atoms with Crippen LogP contribution in [0.3, 0.4) is 0 Å². The normalized spacial score (nSPS) is 20.1. The number of hydrogen-bond donors (Lipinski definition) is 0. The number of rotatable bonds is 0. The van der Waals surface area contributed by atoms with E-state index >= 15 is 0 Å². The van der Waals surface area contributed by atoms with E-state index in [-0.39, 0.29) is 17.1 Å². The maximum Gasteiger partial charge on any atom is 2.00 e. The molecule has 0 N–H and O–H groups in total. The van der Waals surface area contributed by atoms with Crippen LogP contribution in [0.4, 0.5) is 0 Å². The molecule has 2 aliphatic rings. The predicted octanol–water partition coefficient (Wildman–Crippen LogP) is 2.43. The minimum atomic E-state index is 0. The first-order valence-electron chi connectivity index (χ1n) is 4.24. The molecule has 0 spiro atoms. The first-order valence-corrected chi connectivity index (χ1v) is 4.24. The monoisotopic (exact) mass is 224 g/mol. The third-order valence-electron chi connectivity index (χ3n) is 1.49. The smallest absolute Gasteiger partial charge is 0.106 e. The Kier molecular flexibility index (Phi) is 9.68. The van der Waals surface area contributed by atoms with Gasteiger partial charge in [-0.2, -0.15) is 0 Å². The third kappa shape index (κ3) is 6.52. The SMILES string of the molecule is CC#C[C]1[CH][CH][CH][CH]1.[CH]1[CH][CH][CH][CH]1.[Fe+2]. The summed E-state index contributed by atoms with van der Waals surface area (Å²) in [7, 11) is 0. The largest absolute Gasteiger partial charge is 2.00 e. The van der Waals surface area contributed by atoms with Gasteiger partial charge >= 0.3 is 17.1 Å². The summed E-state index contributed by atoms with van der Waals surface area (Å²) in [5.41, 5.74) is 0. The molecular formula is C13H12Fe+2. The molecule has 0 aromatic rings. The van der Waals surface area contributed by atoms with E-state index in [0.717, 1.165) is 5.92 Å². The quantitative estimate of drug-likeness (QED) is 0.438. The molecule has 2 saturated carbocycles. The van der Waals surface area contributed by atoms with Crippen LogP contribution < -0.4 is 0 Å². The van der Waals surface area contributed by atoms with Crippen molar-refractivity contribution in [3.8, 4) is 11.8 Å². The second kappa shape index (κ2) is 9.63. The van der Waals surface area contributed by atoms with Crippen LogP contribution in [0.1, 0.15) is 6.92 Å². The zero-order valence-corrected chi connectivity index (χ0v) is 9.15. The Morgan fingerprint density at radius 3 is 1.57 bits per heavy atom. The Balaban J connectivity index is 0.000000246. The molecule has 0 saturated heterocycles. The van der Waals surface area contributed by atoms with E-state index in [9.17, 15) is 0 Å². The van der Waals surface area contributed by atoms with Gasteiger partial charge < -0.3 is 0 Å². The van der Waals surface area contributed by atoms with Crippen LogP contribution in [0, 0.1) is 75.5 Å². The van der Waals surface area contributed by atoms with E-state index < -0.39 is 0 Å². The molecule has 2 aliphatic carbocycles. The van der Waals surface area contributed by atoms with Crippen molar-refractivity contribution in [3.05, 3.63) is 63.7 Å². The van der Waals surface area contributed by atoms with Crippen LogP contribution >= 0.6 is 0 Å². The van der Waals surface area contributed by atoms with Gasteiger partial charge in [0.05, 0.1) is 5.92 Å². The van der Waals surface area contributed by atoms with Crippen LogP contribution in [-0.2, 0) is 17.1 Å². The molecule has 0 aromatic heterocycles. The van der Waals surface area contributed by atoms with Gasteiger partial charge in [0.1, 0.15) is 0 Å². The Bertz CT molecular complexity index is 158. The standard InChI is InChI=1S/C8H7.C5H5.Fe/c1-2-5-8-6-3-4-7-8;1-2-4-5-3-1;/h3-4,6-7H,1H3;1-5H;/q;;+2. The summed E-state index contributed by atoms with van der Waals surface area (Å²) in [4.78, 5) is 0. The predicted molar refractivity (Wildman–Crippen MR) is 55.4 cm³/mol. The molecule has 0 atom stereocenters. The Morgan fingerprint density at radius 2 is 1.21 bits per heavy atom. The minimum absolute atomic E-state index is 0. The Hall–Kier alpha value is 0.0795. The average molecular weight is 224 g/mol. The van der Waals surface area contributed by atoms with Crippen molar-refractivity contribution in [1.82, 2.24) is 0 Å². The summed E-state index contributed by atoms with van der Waals surface area (Å²) in [6.45, 7) is 1.84. The summed E-state index contributed by atoms with van der Waals surface area (Å²) in [5.74, 6) is 6.86. The zero-order chi connectivity index (χ0) is 9.36. The molecular weight excluding hydrogens is 212 g/mol. The van der Waals surface area contributed by atoms with Gasteiger partial charge in [-0.15, -0.1) is 5.92 Å². The van der Waals surface area contributed by atoms with Gasteiger partial charge in [0.2, 0.25) is 0 Å². The summed E-state index contributed by atoms with van der Waals surface area (Å²) < 4.78 is 0. The van der Waals surface area contributed by atoms with E-state index in [1.807, 2.05) is 64.7 Å². The van der Waals surface area contributed by atoms with Crippen molar-refractivity contribution in [2.75, 3.05) is 0 Å². The molecule has 14 heavy (non-hydrogen) atoms. The Morgan fingerprint density at radius 1 is 0.786 bits per heavy atom. The van der Waals surface area contributed by atoms with Crippen molar-refractivity contribution in [2.45, 2.75) is 6.92 Å². The van der Waals surface area contributed by atoms with Gasteiger partial charge in [-0.05, 0) is 64.7 Å². The third-order valence-corrected chi connectivity index (χ3v) is 1.49. The zero-order valence-electron chi connectivity index (χ0n) is 8.05. The van der Waals surface area contributed by atoms with Crippen molar-refractivity contribution in [3.63, 3.8) is 0 Å². The summed E-state index contributed by atoms with van der Waals surface area (Å²) in [5, 5.41) is 0. The van der Waals surface area contributed by atoms with E-state index in [1.165, 1.54) is 0 Å². The second-order valence-corrected chi connectivity index (χ2v) is 2.51. The maximum absolute atomic E-state index is 2.94. The fraction of sp³-hybridized carbons (Fsp3) is 0.0769. The van der Waals surface area contributed by atoms with E-state index in [2.05, 4.69) is 11.8 Å². The molecule has 0 aliphatic heterocycles. The fourth-order valence-electron chi connectivity index (χ4n) is 0.922.